The van der Waals surface area contributed by atoms with Gasteiger partial charge >= 0.3 is 0 Å². The zero-order valence-corrected chi connectivity index (χ0v) is 14.3. The summed E-state index contributed by atoms with van der Waals surface area (Å²) in [6.07, 6.45) is 2.88. The first-order valence-electron chi connectivity index (χ1n) is 8.08. The summed E-state index contributed by atoms with van der Waals surface area (Å²) in [6.45, 7) is 4.18. The van der Waals surface area contributed by atoms with Crippen molar-refractivity contribution in [2.75, 3.05) is 32.8 Å². The van der Waals surface area contributed by atoms with E-state index in [2.05, 4.69) is 33.4 Å². The van der Waals surface area contributed by atoms with Gasteiger partial charge in [-0.15, -0.1) is 0 Å². The molecule has 0 radical (unpaired) electrons. The van der Waals surface area contributed by atoms with E-state index >= 15 is 0 Å². The van der Waals surface area contributed by atoms with Crippen LogP contribution in [0.15, 0.2) is 28.7 Å². The van der Waals surface area contributed by atoms with E-state index in [9.17, 15) is 4.79 Å². The lowest BCUT2D eigenvalue weighted by molar-refractivity contribution is -0.139. The Balaban J connectivity index is 1.53. The average molecular weight is 367 g/mol. The fraction of sp³-hybridized carbons (Fsp3) is 0.588. The topological polar surface area (TPSA) is 41.6 Å². The molecular formula is C17H23BrN2O2. The fourth-order valence-electron chi connectivity index (χ4n) is 3.20. The van der Waals surface area contributed by atoms with Gasteiger partial charge in [0.2, 0.25) is 5.91 Å². The zero-order valence-electron chi connectivity index (χ0n) is 12.8. The summed E-state index contributed by atoms with van der Waals surface area (Å²) in [5.41, 5.74) is 1.14. The number of nitrogens with zero attached hydrogens (tertiary/aromatic N) is 1. The van der Waals surface area contributed by atoms with Crippen molar-refractivity contribution >= 4 is 21.8 Å². The molecule has 4 nitrogen and oxygen atoms in total. The maximum absolute atomic E-state index is 12.4. The second kappa shape index (κ2) is 7.57. The first-order valence-corrected chi connectivity index (χ1v) is 8.87. The predicted octanol–water partition coefficient (Wildman–Crippen LogP) is 2.74. The molecule has 1 aromatic rings. The summed E-state index contributed by atoms with van der Waals surface area (Å²) in [4.78, 5) is 14.4. The van der Waals surface area contributed by atoms with Crippen LogP contribution in [0.2, 0.25) is 0 Å². The maximum atomic E-state index is 12.4. The van der Waals surface area contributed by atoms with E-state index in [-0.39, 0.29) is 12.0 Å². The minimum Gasteiger partial charge on any atom is -0.370 e. The van der Waals surface area contributed by atoms with Crippen LogP contribution in [0.1, 0.15) is 30.9 Å². The number of hydrogen-bond donors (Lipinski definition) is 1. The summed E-state index contributed by atoms with van der Waals surface area (Å²) in [5.74, 6) is 0.949. The molecule has 2 unspecified atom stereocenters. The minimum atomic E-state index is -0.000975. The first kappa shape index (κ1) is 16.0. The Kier molecular flexibility index (Phi) is 5.50. The lowest BCUT2D eigenvalue weighted by Crippen LogP contribution is -2.42. The van der Waals surface area contributed by atoms with E-state index in [0.29, 0.717) is 25.5 Å². The number of ether oxygens (including phenoxy) is 1. The van der Waals surface area contributed by atoms with E-state index in [1.54, 1.807) is 0 Å². The molecule has 2 aliphatic heterocycles. The molecule has 120 valence electrons. The molecule has 5 heteroatoms. The molecule has 2 fully saturated rings. The van der Waals surface area contributed by atoms with Crippen LogP contribution in [-0.2, 0) is 9.53 Å². The molecule has 0 bridgehead atoms. The normalized spacial score (nSPS) is 25.4. The third kappa shape index (κ3) is 4.09. The van der Waals surface area contributed by atoms with E-state index < -0.39 is 0 Å². The minimum absolute atomic E-state index is 0.000975. The van der Waals surface area contributed by atoms with Crippen LogP contribution in [0.3, 0.4) is 0 Å². The SMILES string of the molecule is O=C(CCC1CCNC1)N1CCOC(c2ccc(Br)cc2)C1. The van der Waals surface area contributed by atoms with Gasteiger partial charge in [0.05, 0.1) is 13.2 Å². The molecule has 3 rings (SSSR count). The number of carbonyl (C=O) groups is 1. The molecule has 1 amide bonds. The van der Waals surface area contributed by atoms with Crippen LogP contribution in [0.4, 0.5) is 0 Å². The molecule has 1 aromatic carbocycles. The van der Waals surface area contributed by atoms with Gasteiger partial charge in [-0.25, -0.2) is 0 Å². The summed E-state index contributed by atoms with van der Waals surface area (Å²) in [7, 11) is 0. The van der Waals surface area contributed by atoms with Crippen molar-refractivity contribution in [1.82, 2.24) is 10.2 Å². The van der Waals surface area contributed by atoms with Crippen molar-refractivity contribution in [3.63, 3.8) is 0 Å². The molecular weight excluding hydrogens is 344 g/mol. The Bertz CT molecular complexity index is 500. The lowest BCUT2D eigenvalue weighted by Gasteiger charge is -2.33. The molecule has 22 heavy (non-hydrogen) atoms. The number of nitrogens with one attached hydrogen (secondary N) is 1. The van der Waals surface area contributed by atoms with E-state index in [0.717, 1.165) is 36.1 Å². The van der Waals surface area contributed by atoms with E-state index in [1.807, 2.05) is 17.0 Å². The number of morpholine rings is 1. The van der Waals surface area contributed by atoms with Gasteiger partial charge in [-0.05, 0) is 49.5 Å². The summed E-state index contributed by atoms with van der Waals surface area (Å²) in [6, 6.07) is 8.17. The Morgan fingerprint density at radius 2 is 2.18 bits per heavy atom. The zero-order chi connectivity index (χ0) is 15.4. The highest BCUT2D eigenvalue weighted by molar-refractivity contribution is 9.10. The second-order valence-electron chi connectivity index (χ2n) is 6.15. The van der Waals surface area contributed by atoms with E-state index in [1.165, 1.54) is 6.42 Å². The number of carbonyl (C=O) groups excluding carboxylic acids is 1. The van der Waals surface area contributed by atoms with Crippen molar-refractivity contribution < 1.29 is 9.53 Å². The third-order valence-electron chi connectivity index (χ3n) is 4.59. The van der Waals surface area contributed by atoms with Gasteiger partial charge in [0, 0.05) is 17.4 Å². The number of halogens is 1. The molecule has 2 aliphatic rings. The summed E-state index contributed by atoms with van der Waals surface area (Å²) < 4.78 is 6.90. The number of rotatable bonds is 4. The number of amides is 1. The van der Waals surface area contributed by atoms with Gasteiger partial charge in [0.25, 0.3) is 0 Å². The van der Waals surface area contributed by atoms with Crippen LogP contribution in [-0.4, -0.2) is 43.6 Å². The molecule has 2 saturated heterocycles. The highest BCUT2D eigenvalue weighted by Crippen LogP contribution is 2.25. The molecule has 0 aromatic heterocycles. The van der Waals surface area contributed by atoms with Crippen LogP contribution in [0.5, 0.6) is 0 Å². The Morgan fingerprint density at radius 3 is 2.91 bits per heavy atom. The Hall–Kier alpha value is -0.910. The average Bonchev–Trinajstić information content (AvgIpc) is 3.07. The van der Waals surface area contributed by atoms with Gasteiger partial charge in [0.15, 0.2) is 0 Å². The van der Waals surface area contributed by atoms with Gasteiger partial charge in [0.1, 0.15) is 6.10 Å². The predicted molar refractivity (Wildman–Crippen MR) is 89.6 cm³/mol. The summed E-state index contributed by atoms with van der Waals surface area (Å²) in [5, 5.41) is 3.36. The Morgan fingerprint density at radius 1 is 1.36 bits per heavy atom. The van der Waals surface area contributed by atoms with Crippen molar-refractivity contribution in [3.05, 3.63) is 34.3 Å². The van der Waals surface area contributed by atoms with Crippen LogP contribution >= 0.6 is 15.9 Å². The van der Waals surface area contributed by atoms with Gasteiger partial charge in [-0.2, -0.15) is 0 Å². The Labute approximate surface area is 140 Å². The number of hydrogen-bond acceptors (Lipinski definition) is 3. The summed E-state index contributed by atoms with van der Waals surface area (Å²) >= 11 is 3.45. The van der Waals surface area contributed by atoms with Crippen molar-refractivity contribution in [1.29, 1.82) is 0 Å². The molecule has 2 atom stereocenters. The number of benzene rings is 1. The monoisotopic (exact) mass is 366 g/mol. The third-order valence-corrected chi connectivity index (χ3v) is 5.12. The molecule has 0 aliphatic carbocycles. The maximum Gasteiger partial charge on any atom is 0.222 e. The van der Waals surface area contributed by atoms with Gasteiger partial charge < -0.3 is 15.0 Å². The lowest BCUT2D eigenvalue weighted by atomic mass is 10.0. The van der Waals surface area contributed by atoms with Crippen LogP contribution in [0.25, 0.3) is 0 Å². The highest BCUT2D eigenvalue weighted by atomic mass is 79.9. The largest absolute Gasteiger partial charge is 0.370 e. The molecule has 2 heterocycles. The smallest absolute Gasteiger partial charge is 0.222 e. The van der Waals surface area contributed by atoms with Crippen molar-refractivity contribution in [2.45, 2.75) is 25.4 Å². The second-order valence-corrected chi connectivity index (χ2v) is 7.06. The van der Waals surface area contributed by atoms with E-state index in [4.69, 9.17) is 4.74 Å². The molecule has 0 saturated carbocycles. The van der Waals surface area contributed by atoms with Crippen molar-refractivity contribution in [3.8, 4) is 0 Å². The van der Waals surface area contributed by atoms with Crippen LogP contribution in [0, 0.1) is 5.92 Å². The standard InChI is InChI=1S/C17H23BrN2O2/c18-15-4-2-14(3-5-15)16-12-20(9-10-22-16)17(21)6-1-13-7-8-19-11-13/h2-5,13,16,19H,1,6-12H2. The van der Waals surface area contributed by atoms with Crippen LogP contribution < -0.4 is 5.32 Å². The highest BCUT2D eigenvalue weighted by Gasteiger charge is 2.26. The van der Waals surface area contributed by atoms with Gasteiger partial charge in [-0.1, -0.05) is 28.1 Å². The first-order chi connectivity index (χ1) is 10.7. The molecule has 0 spiro atoms. The molecule has 1 N–H and O–H groups in total. The van der Waals surface area contributed by atoms with Gasteiger partial charge in [-0.3, -0.25) is 4.79 Å². The fourth-order valence-corrected chi connectivity index (χ4v) is 3.47. The quantitative estimate of drug-likeness (QED) is 0.890. The van der Waals surface area contributed by atoms with Crippen molar-refractivity contribution in [2.24, 2.45) is 5.92 Å².